The molecule has 3 N–H and O–H groups in total. The second kappa shape index (κ2) is 11.1. The first-order valence-electron chi connectivity index (χ1n) is 11.5. The van der Waals surface area contributed by atoms with Crippen LogP contribution in [0.4, 0.5) is 9.93 Å². The lowest BCUT2D eigenvalue weighted by molar-refractivity contribution is -0.137. The Kier molecular flexibility index (Phi) is 7.77. The molecule has 0 saturated heterocycles. The van der Waals surface area contributed by atoms with Gasteiger partial charge in [0.15, 0.2) is 5.13 Å². The lowest BCUT2D eigenvalue weighted by Crippen LogP contribution is -2.37. The fraction of sp³-hybridized carbons (Fsp3) is 0.308. The van der Waals surface area contributed by atoms with Crippen molar-refractivity contribution < 1.29 is 24.2 Å². The molecule has 1 aliphatic carbocycles. The summed E-state index contributed by atoms with van der Waals surface area (Å²) in [6.07, 6.45) is 0.627. The third kappa shape index (κ3) is 6.05. The lowest BCUT2D eigenvalue weighted by atomic mass is 9.98. The zero-order valence-corrected chi connectivity index (χ0v) is 20.1. The summed E-state index contributed by atoms with van der Waals surface area (Å²) in [7, 11) is 0. The molecule has 0 fully saturated rings. The molecular weight excluding hydrogens is 466 g/mol. The first kappa shape index (κ1) is 24.4. The Bertz CT molecular complexity index is 1180. The van der Waals surface area contributed by atoms with Gasteiger partial charge in [-0.1, -0.05) is 61.9 Å². The molecule has 0 saturated carbocycles. The van der Waals surface area contributed by atoms with Crippen LogP contribution in [0.3, 0.4) is 0 Å². The number of thiazole rings is 1. The average Bonchev–Trinajstić information content (AvgIpc) is 3.39. The van der Waals surface area contributed by atoms with E-state index < -0.39 is 18.1 Å². The van der Waals surface area contributed by atoms with E-state index in [1.807, 2.05) is 31.2 Å². The molecule has 0 radical (unpaired) electrons. The number of carbonyl (C=O) groups is 3. The van der Waals surface area contributed by atoms with Crippen LogP contribution in [-0.2, 0) is 20.7 Å². The number of benzene rings is 2. The monoisotopic (exact) mass is 493 g/mol. The summed E-state index contributed by atoms with van der Waals surface area (Å²) in [5.41, 5.74) is 5.07. The van der Waals surface area contributed by atoms with Gasteiger partial charge in [0, 0.05) is 17.3 Å². The van der Waals surface area contributed by atoms with Crippen molar-refractivity contribution in [2.45, 2.75) is 44.6 Å². The minimum atomic E-state index is -0.952. The van der Waals surface area contributed by atoms with Crippen molar-refractivity contribution in [2.75, 3.05) is 11.9 Å². The smallest absolute Gasteiger partial charge is 0.413 e. The number of nitrogens with one attached hydrogen (secondary N) is 2. The number of amides is 2. The number of carboxylic acid groups (broad SMARTS) is 1. The number of aromatic nitrogens is 1. The van der Waals surface area contributed by atoms with Gasteiger partial charge in [-0.3, -0.25) is 14.9 Å². The van der Waals surface area contributed by atoms with Crippen LogP contribution >= 0.6 is 11.3 Å². The van der Waals surface area contributed by atoms with E-state index in [4.69, 9.17) is 9.84 Å². The Morgan fingerprint density at radius 1 is 1.09 bits per heavy atom. The van der Waals surface area contributed by atoms with Crippen molar-refractivity contribution in [3.8, 4) is 11.1 Å². The van der Waals surface area contributed by atoms with E-state index in [0.29, 0.717) is 17.2 Å². The Balaban J connectivity index is 1.30. The Labute approximate surface area is 207 Å². The fourth-order valence-corrected chi connectivity index (χ4v) is 5.09. The molecule has 1 heterocycles. The van der Waals surface area contributed by atoms with Crippen molar-refractivity contribution in [3.63, 3.8) is 0 Å². The molecule has 182 valence electrons. The lowest BCUT2D eigenvalue weighted by Gasteiger charge is -2.15. The average molecular weight is 494 g/mol. The van der Waals surface area contributed by atoms with Crippen LogP contribution in [0.2, 0.25) is 0 Å². The van der Waals surface area contributed by atoms with Crippen LogP contribution in [0.15, 0.2) is 53.9 Å². The van der Waals surface area contributed by atoms with Crippen molar-refractivity contribution >= 4 is 34.4 Å². The zero-order chi connectivity index (χ0) is 24.8. The molecule has 9 heteroatoms. The number of anilines is 1. The fourth-order valence-electron chi connectivity index (χ4n) is 4.40. The molecule has 1 atom stereocenters. The second-order valence-electron chi connectivity index (χ2n) is 8.42. The highest BCUT2D eigenvalue weighted by Crippen LogP contribution is 2.44. The van der Waals surface area contributed by atoms with Gasteiger partial charge in [-0.05, 0) is 28.7 Å². The maximum absolute atomic E-state index is 12.4. The highest BCUT2D eigenvalue weighted by Gasteiger charge is 2.29. The number of nitrogens with zero attached hydrogens (tertiary/aromatic N) is 1. The van der Waals surface area contributed by atoms with Gasteiger partial charge >= 0.3 is 12.1 Å². The third-order valence-electron chi connectivity index (χ3n) is 5.87. The van der Waals surface area contributed by atoms with E-state index in [9.17, 15) is 14.4 Å². The number of rotatable bonds is 10. The Hall–Kier alpha value is -3.72. The van der Waals surface area contributed by atoms with E-state index in [1.54, 1.807) is 5.38 Å². The second-order valence-corrected chi connectivity index (χ2v) is 9.28. The Morgan fingerprint density at radius 2 is 1.74 bits per heavy atom. The maximum atomic E-state index is 12.4. The molecule has 8 nitrogen and oxygen atoms in total. The Morgan fingerprint density at radius 3 is 2.37 bits per heavy atom. The minimum absolute atomic E-state index is 0.00268. The highest BCUT2D eigenvalue weighted by molar-refractivity contribution is 7.13. The van der Waals surface area contributed by atoms with Gasteiger partial charge in [0.1, 0.15) is 6.61 Å². The molecule has 1 aromatic heterocycles. The number of fused-ring (bicyclic) bond motifs is 3. The van der Waals surface area contributed by atoms with E-state index in [1.165, 1.54) is 11.3 Å². The predicted molar refractivity (Wildman–Crippen MR) is 134 cm³/mol. The first-order valence-corrected chi connectivity index (χ1v) is 12.4. The quantitative estimate of drug-likeness (QED) is 0.373. The molecule has 35 heavy (non-hydrogen) atoms. The largest absolute Gasteiger partial charge is 0.481 e. The van der Waals surface area contributed by atoms with E-state index >= 15 is 0 Å². The minimum Gasteiger partial charge on any atom is -0.481 e. The van der Waals surface area contributed by atoms with Crippen molar-refractivity contribution in [3.05, 3.63) is 70.7 Å². The summed E-state index contributed by atoms with van der Waals surface area (Å²) in [6, 6.07) is 15.8. The molecule has 0 bridgehead atoms. The molecule has 1 aliphatic rings. The number of carbonyl (C=O) groups excluding carboxylic acids is 2. The van der Waals surface area contributed by atoms with Gasteiger partial charge in [-0.25, -0.2) is 9.78 Å². The standard InChI is InChI=1S/C26H27N3O5S/c1-2-7-16(13-24(31)32)27-23(30)12-17-15-35-25(28-17)29-26(33)34-14-22-20-10-5-3-8-18(20)19-9-4-6-11-21(19)22/h3-6,8-11,15-16,22H,2,7,12-14H2,1H3,(H,27,30)(H,31,32)(H,28,29,33)/t16-/m0/s1. The van der Waals surface area contributed by atoms with Crippen LogP contribution in [0, 0.1) is 0 Å². The predicted octanol–water partition coefficient (Wildman–Crippen LogP) is 4.81. The van der Waals surface area contributed by atoms with Crippen molar-refractivity contribution in [1.82, 2.24) is 10.3 Å². The van der Waals surface area contributed by atoms with Gasteiger partial charge in [-0.15, -0.1) is 11.3 Å². The number of hydrogen-bond acceptors (Lipinski definition) is 6. The molecule has 2 aromatic carbocycles. The van der Waals surface area contributed by atoms with E-state index in [0.717, 1.165) is 28.7 Å². The molecule has 0 spiro atoms. The van der Waals surface area contributed by atoms with Gasteiger partial charge in [0.25, 0.3) is 0 Å². The maximum Gasteiger partial charge on any atom is 0.413 e. The van der Waals surface area contributed by atoms with Gasteiger partial charge in [-0.2, -0.15) is 0 Å². The summed E-state index contributed by atoms with van der Waals surface area (Å²) in [5, 5.41) is 16.4. The number of carboxylic acids is 1. The SMILES string of the molecule is CCC[C@@H](CC(=O)O)NC(=O)Cc1csc(NC(=O)OCC2c3ccccc3-c3ccccc32)n1. The molecular formula is C26H27N3O5S. The number of aliphatic carboxylic acids is 1. The van der Waals surface area contributed by atoms with Crippen molar-refractivity contribution in [1.29, 1.82) is 0 Å². The third-order valence-corrected chi connectivity index (χ3v) is 6.68. The van der Waals surface area contributed by atoms with Gasteiger partial charge in [0.2, 0.25) is 5.91 Å². The normalized spacial score (nSPS) is 12.9. The molecule has 4 rings (SSSR count). The summed E-state index contributed by atoms with van der Waals surface area (Å²) in [5.74, 6) is -1.29. The van der Waals surface area contributed by atoms with E-state index in [-0.39, 0.29) is 31.3 Å². The van der Waals surface area contributed by atoms with Crippen LogP contribution in [0.1, 0.15) is 48.9 Å². The number of hydrogen-bond donors (Lipinski definition) is 3. The topological polar surface area (TPSA) is 118 Å². The first-order chi connectivity index (χ1) is 16.9. The molecule has 0 aliphatic heterocycles. The molecule has 3 aromatic rings. The van der Waals surface area contributed by atoms with Gasteiger partial charge < -0.3 is 15.2 Å². The van der Waals surface area contributed by atoms with Gasteiger partial charge in [0.05, 0.1) is 18.5 Å². The van der Waals surface area contributed by atoms with Crippen molar-refractivity contribution in [2.24, 2.45) is 0 Å². The van der Waals surface area contributed by atoms with Crippen LogP contribution in [0.25, 0.3) is 11.1 Å². The number of ether oxygens (including phenoxy) is 1. The van der Waals surface area contributed by atoms with E-state index in [2.05, 4.69) is 39.9 Å². The summed E-state index contributed by atoms with van der Waals surface area (Å²) >= 11 is 1.20. The van der Waals surface area contributed by atoms with Crippen LogP contribution < -0.4 is 10.6 Å². The zero-order valence-electron chi connectivity index (χ0n) is 19.3. The summed E-state index contributed by atoms with van der Waals surface area (Å²) < 4.78 is 5.53. The molecule has 0 unspecified atom stereocenters. The summed E-state index contributed by atoms with van der Waals surface area (Å²) in [6.45, 7) is 2.13. The van der Waals surface area contributed by atoms with Crippen LogP contribution in [-0.4, -0.2) is 40.7 Å². The summed E-state index contributed by atoms with van der Waals surface area (Å²) in [4.78, 5) is 40.0. The molecule has 2 amide bonds. The highest BCUT2D eigenvalue weighted by atomic mass is 32.1. The van der Waals surface area contributed by atoms with Crippen LogP contribution in [0.5, 0.6) is 0 Å².